The second kappa shape index (κ2) is 8.26. The highest BCUT2D eigenvalue weighted by atomic mass is 32.1. The Balaban J connectivity index is 1.30. The van der Waals surface area contributed by atoms with E-state index in [9.17, 15) is 4.79 Å². The number of hydrogen-bond acceptors (Lipinski definition) is 7. The topological polar surface area (TPSA) is 92.5 Å². The van der Waals surface area contributed by atoms with E-state index >= 15 is 0 Å². The fraction of sp³-hybridized carbons (Fsp3) is 0.417. The van der Waals surface area contributed by atoms with Gasteiger partial charge >= 0.3 is 0 Å². The molecule has 2 aromatic heterocycles. The predicted octanol–water partition coefficient (Wildman–Crippen LogP) is 3.11. The first-order chi connectivity index (χ1) is 15.4. The minimum absolute atomic E-state index is 0.0988. The summed E-state index contributed by atoms with van der Waals surface area (Å²) in [5, 5.41) is 7.46. The van der Waals surface area contributed by atoms with Crippen LogP contribution >= 0.6 is 11.3 Å². The number of thiophene rings is 1. The molecule has 2 aliphatic heterocycles. The standard InChI is InChI=1S/C24H29N5O2S/c1-13-4-7-19-21(25)22(32-24(19)27-13)23(30)28-17-10-16-5-6-18(11-20(16)31-12-17)29-9-8-26-14(2)15(29)3/h4-7,11,14-15,17,26H,8-10,12,25H2,1-3H3,(H,28,30)/t14-,15-,17+/m1/s1. The smallest absolute Gasteiger partial charge is 0.263 e. The highest BCUT2D eigenvalue weighted by Gasteiger charge is 2.28. The number of nitrogens with zero attached hydrogens (tertiary/aromatic N) is 2. The molecular weight excluding hydrogens is 422 g/mol. The van der Waals surface area contributed by atoms with Crippen LogP contribution in [-0.4, -0.2) is 48.7 Å². The summed E-state index contributed by atoms with van der Waals surface area (Å²) in [6.45, 7) is 8.80. The Labute approximate surface area is 192 Å². The van der Waals surface area contributed by atoms with E-state index in [0.717, 1.165) is 46.7 Å². The largest absolute Gasteiger partial charge is 0.491 e. The zero-order chi connectivity index (χ0) is 22.4. The first-order valence-corrected chi connectivity index (χ1v) is 11.9. The lowest BCUT2D eigenvalue weighted by atomic mass is 10.0. The lowest BCUT2D eigenvalue weighted by molar-refractivity contribution is 0.0920. The average Bonchev–Trinajstić information content (AvgIpc) is 3.11. The first-order valence-electron chi connectivity index (χ1n) is 11.1. The van der Waals surface area contributed by atoms with Crippen LogP contribution in [0.3, 0.4) is 0 Å². The van der Waals surface area contributed by atoms with Crippen molar-refractivity contribution in [1.82, 2.24) is 15.6 Å². The number of hydrogen-bond donors (Lipinski definition) is 3. The lowest BCUT2D eigenvalue weighted by Gasteiger charge is -2.40. The van der Waals surface area contributed by atoms with Crippen LogP contribution in [0.15, 0.2) is 30.3 Å². The second-order valence-corrected chi connectivity index (χ2v) is 9.80. The van der Waals surface area contributed by atoms with Gasteiger partial charge in [-0.15, -0.1) is 11.3 Å². The third-order valence-corrected chi connectivity index (χ3v) is 7.71. The Morgan fingerprint density at radius 3 is 3.00 bits per heavy atom. The van der Waals surface area contributed by atoms with Crippen LogP contribution in [0.5, 0.6) is 5.75 Å². The van der Waals surface area contributed by atoms with E-state index in [1.165, 1.54) is 17.0 Å². The van der Waals surface area contributed by atoms with Crippen molar-refractivity contribution >= 4 is 38.8 Å². The number of benzene rings is 1. The summed E-state index contributed by atoms with van der Waals surface area (Å²) in [6.07, 6.45) is 0.733. The van der Waals surface area contributed by atoms with Gasteiger partial charge in [-0.3, -0.25) is 4.79 Å². The molecule has 3 atom stereocenters. The Morgan fingerprint density at radius 1 is 1.31 bits per heavy atom. The Kier molecular flexibility index (Phi) is 5.43. The van der Waals surface area contributed by atoms with E-state index in [1.807, 2.05) is 19.1 Å². The molecule has 168 valence electrons. The first kappa shape index (κ1) is 21.0. The van der Waals surface area contributed by atoms with Crippen LogP contribution in [0.2, 0.25) is 0 Å². The summed E-state index contributed by atoms with van der Waals surface area (Å²) >= 11 is 1.34. The normalized spacial score (nSPS) is 23.0. The third-order valence-electron chi connectivity index (χ3n) is 6.60. The molecule has 32 heavy (non-hydrogen) atoms. The van der Waals surface area contributed by atoms with Gasteiger partial charge in [0.15, 0.2) is 0 Å². The fourth-order valence-corrected chi connectivity index (χ4v) is 5.61. The third kappa shape index (κ3) is 3.78. The van der Waals surface area contributed by atoms with Crippen molar-refractivity contribution in [3.8, 4) is 5.75 Å². The van der Waals surface area contributed by atoms with Gasteiger partial charge in [0.1, 0.15) is 22.1 Å². The maximum Gasteiger partial charge on any atom is 0.263 e. The van der Waals surface area contributed by atoms with Crippen LogP contribution in [0.4, 0.5) is 11.4 Å². The molecule has 0 bridgehead atoms. The summed E-state index contributed by atoms with van der Waals surface area (Å²) in [6, 6.07) is 11.0. The number of carbonyl (C=O) groups is 1. The van der Waals surface area contributed by atoms with E-state index in [4.69, 9.17) is 10.5 Å². The van der Waals surface area contributed by atoms with Gasteiger partial charge in [0.25, 0.3) is 5.91 Å². The summed E-state index contributed by atoms with van der Waals surface area (Å²) in [5.74, 6) is 0.743. The molecule has 4 N–H and O–H groups in total. The Bertz CT molecular complexity index is 1180. The predicted molar refractivity (Wildman–Crippen MR) is 130 cm³/mol. The minimum atomic E-state index is -0.166. The number of fused-ring (bicyclic) bond motifs is 2. The van der Waals surface area contributed by atoms with Gasteiger partial charge in [0.05, 0.1) is 11.7 Å². The number of nitrogens with one attached hydrogen (secondary N) is 2. The van der Waals surface area contributed by atoms with E-state index < -0.39 is 0 Å². The molecule has 1 saturated heterocycles. The van der Waals surface area contributed by atoms with E-state index in [1.54, 1.807) is 0 Å². The quantitative estimate of drug-likeness (QED) is 0.567. The van der Waals surface area contributed by atoms with Crippen molar-refractivity contribution < 1.29 is 9.53 Å². The van der Waals surface area contributed by atoms with Gasteiger partial charge in [-0.25, -0.2) is 4.98 Å². The van der Waals surface area contributed by atoms with Crippen molar-refractivity contribution in [1.29, 1.82) is 0 Å². The number of nitrogens with two attached hydrogens (primary N) is 1. The number of anilines is 2. The van der Waals surface area contributed by atoms with Crippen LogP contribution in [0.1, 0.15) is 34.8 Å². The number of nitrogen functional groups attached to an aromatic ring is 1. The van der Waals surface area contributed by atoms with E-state index in [-0.39, 0.29) is 11.9 Å². The maximum atomic E-state index is 13.0. The molecule has 1 aromatic carbocycles. The molecule has 2 aliphatic rings. The van der Waals surface area contributed by atoms with Crippen LogP contribution in [-0.2, 0) is 6.42 Å². The lowest BCUT2D eigenvalue weighted by Crippen LogP contribution is -2.55. The molecule has 0 spiro atoms. The zero-order valence-electron chi connectivity index (χ0n) is 18.6. The number of rotatable bonds is 3. The van der Waals surface area contributed by atoms with Crippen molar-refractivity contribution in [3.05, 3.63) is 46.5 Å². The minimum Gasteiger partial charge on any atom is -0.491 e. The van der Waals surface area contributed by atoms with Gasteiger partial charge in [0.2, 0.25) is 0 Å². The van der Waals surface area contributed by atoms with Crippen LogP contribution in [0.25, 0.3) is 10.2 Å². The number of pyridine rings is 1. The molecule has 1 amide bonds. The Hall–Kier alpha value is -2.84. The molecule has 8 heteroatoms. The number of ether oxygens (including phenoxy) is 1. The monoisotopic (exact) mass is 451 g/mol. The van der Waals surface area contributed by atoms with Crippen molar-refractivity contribution in [3.63, 3.8) is 0 Å². The molecule has 7 nitrogen and oxygen atoms in total. The zero-order valence-corrected chi connectivity index (χ0v) is 19.5. The molecule has 1 fully saturated rings. The van der Waals surface area contributed by atoms with Crippen LogP contribution < -0.4 is 26.0 Å². The Morgan fingerprint density at radius 2 is 2.16 bits per heavy atom. The molecule has 0 unspecified atom stereocenters. The average molecular weight is 452 g/mol. The van der Waals surface area contributed by atoms with Gasteiger partial charge in [-0.2, -0.15) is 0 Å². The molecule has 0 radical (unpaired) electrons. The number of carbonyl (C=O) groups excluding carboxylic acids is 1. The summed E-state index contributed by atoms with van der Waals surface area (Å²) in [5.41, 5.74) is 9.96. The summed E-state index contributed by atoms with van der Waals surface area (Å²) in [4.78, 5) is 21.2. The summed E-state index contributed by atoms with van der Waals surface area (Å²) < 4.78 is 6.07. The van der Waals surface area contributed by atoms with Crippen molar-refractivity contribution in [2.24, 2.45) is 0 Å². The molecular formula is C24H29N5O2S. The van der Waals surface area contributed by atoms with Crippen LogP contribution in [0, 0.1) is 6.92 Å². The van der Waals surface area contributed by atoms with Gasteiger partial charge in [-0.1, -0.05) is 6.07 Å². The molecule has 0 saturated carbocycles. The molecule has 3 aromatic rings. The molecule has 0 aliphatic carbocycles. The van der Waals surface area contributed by atoms with E-state index in [2.05, 4.69) is 52.6 Å². The second-order valence-electron chi connectivity index (χ2n) is 8.80. The van der Waals surface area contributed by atoms with Crippen molar-refractivity contribution in [2.75, 3.05) is 30.3 Å². The fourth-order valence-electron chi connectivity index (χ4n) is 4.56. The number of aromatic nitrogens is 1. The highest BCUT2D eigenvalue weighted by Crippen LogP contribution is 2.34. The summed E-state index contributed by atoms with van der Waals surface area (Å²) in [7, 11) is 0. The molecule has 4 heterocycles. The number of amides is 1. The highest BCUT2D eigenvalue weighted by molar-refractivity contribution is 7.21. The van der Waals surface area contributed by atoms with Gasteiger partial charge in [-0.05, 0) is 51.0 Å². The SMILES string of the molecule is Cc1ccc2c(N)c(C(=O)N[C@@H]3COc4cc(N5CCN[C@H](C)[C@H]5C)ccc4C3)sc2n1. The molecule has 5 rings (SSSR count). The number of aryl methyl sites for hydroxylation is 1. The van der Waals surface area contributed by atoms with Gasteiger partial charge < -0.3 is 26.0 Å². The van der Waals surface area contributed by atoms with Crippen molar-refractivity contribution in [2.45, 2.75) is 45.3 Å². The maximum absolute atomic E-state index is 13.0. The van der Waals surface area contributed by atoms with Gasteiger partial charge in [0, 0.05) is 48.0 Å². The van der Waals surface area contributed by atoms with E-state index in [0.29, 0.717) is 29.3 Å². The number of piperazine rings is 1.